The van der Waals surface area contributed by atoms with E-state index in [0.29, 0.717) is 29.1 Å². The average Bonchev–Trinajstić information content (AvgIpc) is 2.87. The zero-order chi connectivity index (χ0) is 17.8. The molecule has 0 heterocycles. The quantitative estimate of drug-likeness (QED) is 0.661. The van der Waals surface area contributed by atoms with Gasteiger partial charge in [0.15, 0.2) is 0 Å². The molecule has 0 aromatic rings. The zero-order valence-electron chi connectivity index (χ0n) is 16.9. The maximum Gasteiger partial charge on any atom is 0.139 e. The number of hydrogen-bond acceptors (Lipinski definition) is 2. The molecule has 0 saturated heterocycles. The average molecular weight is 347 g/mol. The predicted octanol–water partition coefficient (Wildman–Crippen LogP) is 5.64. The Bertz CT molecular complexity index is 526. The Morgan fingerprint density at radius 3 is 2.56 bits per heavy atom. The van der Waals surface area contributed by atoms with Gasteiger partial charge in [-0.25, -0.2) is 0 Å². The lowest BCUT2D eigenvalue weighted by Gasteiger charge is -2.60. The van der Waals surface area contributed by atoms with Gasteiger partial charge >= 0.3 is 0 Å². The summed E-state index contributed by atoms with van der Waals surface area (Å²) in [6.45, 7) is 10.3. The lowest BCUT2D eigenvalue weighted by atomic mass is 9.45. The molecule has 2 heteroatoms. The Morgan fingerprint density at radius 2 is 1.80 bits per heavy atom. The number of ketones is 1. The summed E-state index contributed by atoms with van der Waals surface area (Å²) < 4.78 is 6.31. The summed E-state index contributed by atoms with van der Waals surface area (Å²) in [4.78, 5) is 12.5. The van der Waals surface area contributed by atoms with Gasteiger partial charge in [0.2, 0.25) is 0 Å². The predicted molar refractivity (Wildman–Crippen MR) is 101 cm³/mol. The molecule has 0 aromatic heterocycles. The minimum atomic E-state index is 0.0204. The second-order valence-electron chi connectivity index (χ2n) is 10.7. The van der Waals surface area contributed by atoms with Crippen LogP contribution in [0.25, 0.3) is 0 Å². The number of rotatable bonds is 3. The third-order valence-electron chi connectivity index (χ3n) is 8.94. The highest BCUT2D eigenvalue weighted by molar-refractivity contribution is 5.87. The van der Waals surface area contributed by atoms with Crippen LogP contribution in [0.5, 0.6) is 0 Å². The van der Waals surface area contributed by atoms with Crippen molar-refractivity contribution >= 4 is 5.78 Å². The molecule has 142 valence electrons. The Balaban J connectivity index is 1.53. The van der Waals surface area contributed by atoms with Crippen molar-refractivity contribution in [3.63, 3.8) is 0 Å². The second kappa shape index (κ2) is 6.36. The van der Waals surface area contributed by atoms with Crippen LogP contribution >= 0.6 is 0 Å². The van der Waals surface area contributed by atoms with Gasteiger partial charge in [-0.1, -0.05) is 27.7 Å². The molecule has 7 unspecified atom stereocenters. The fraction of sp³-hybridized carbons (Fsp3) is 0.957. The highest BCUT2D eigenvalue weighted by Gasteiger charge is 2.60. The third-order valence-corrected chi connectivity index (χ3v) is 8.94. The van der Waals surface area contributed by atoms with Crippen molar-refractivity contribution in [1.82, 2.24) is 0 Å². The summed E-state index contributed by atoms with van der Waals surface area (Å²) in [6.07, 6.45) is 11.6. The van der Waals surface area contributed by atoms with Gasteiger partial charge < -0.3 is 4.74 Å². The fourth-order valence-electron chi connectivity index (χ4n) is 7.55. The molecule has 0 amide bonds. The number of hydrogen-bond donors (Lipinski definition) is 0. The van der Waals surface area contributed by atoms with Gasteiger partial charge in [0.1, 0.15) is 5.78 Å². The second-order valence-corrected chi connectivity index (χ2v) is 10.7. The summed E-state index contributed by atoms with van der Waals surface area (Å²) in [6, 6.07) is 0. The van der Waals surface area contributed by atoms with E-state index in [0.717, 1.165) is 37.2 Å². The number of fused-ring (bicyclic) bond motifs is 5. The van der Waals surface area contributed by atoms with Gasteiger partial charge in [-0.05, 0) is 86.4 Å². The third kappa shape index (κ3) is 2.82. The lowest BCUT2D eigenvalue weighted by molar-refractivity contribution is -0.148. The SMILES string of the molecule is CC(C)COC1CCC2CCC3C4CCC(=O)C4(C)CCC3C2(C)C1. The summed E-state index contributed by atoms with van der Waals surface area (Å²) in [7, 11) is 0. The number of Topliss-reactive ketones (excluding diaryl/α,β-unsaturated/α-hetero) is 1. The van der Waals surface area contributed by atoms with Crippen molar-refractivity contribution < 1.29 is 9.53 Å². The first-order chi connectivity index (χ1) is 11.8. The molecule has 0 spiro atoms. The highest BCUT2D eigenvalue weighted by atomic mass is 16.5. The topological polar surface area (TPSA) is 26.3 Å². The highest BCUT2D eigenvalue weighted by Crippen LogP contribution is 2.65. The van der Waals surface area contributed by atoms with E-state index in [2.05, 4.69) is 27.7 Å². The summed E-state index contributed by atoms with van der Waals surface area (Å²) in [5.74, 6) is 4.41. The first-order valence-electron chi connectivity index (χ1n) is 11.0. The maximum atomic E-state index is 12.5. The van der Waals surface area contributed by atoms with E-state index in [1.54, 1.807) is 0 Å². The molecule has 7 atom stereocenters. The van der Waals surface area contributed by atoms with Crippen LogP contribution in [0.1, 0.15) is 85.5 Å². The number of ether oxygens (including phenoxy) is 1. The van der Waals surface area contributed by atoms with Crippen molar-refractivity contribution in [2.45, 2.75) is 91.6 Å². The van der Waals surface area contributed by atoms with Gasteiger partial charge in [0, 0.05) is 18.4 Å². The molecule has 4 saturated carbocycles. The standard InChI is InChI=1S/C23H38O2/c1-15(2)14-25-17-7-5-16-6-8-18-19-9-10-21(24)22(19,3)12-11-20(18)23(16,4)13-17/h15-20H,5-14H2,1-4H3. The van der Waals surface area contributed by atoms with Crippen LogP contribution in [0.15, 0.2) is 0 Å². The Morgan fingerprint density at radius 1 is 1.04 bits per heavy atom. The van der Waals surface area contributed by atoms with Crippen molar-refractivity contribution in [2.75, 3.05) is 6.61 Å². The summed E-state index contributed by atoms with van der Waals surface area (Å²) in [5.41, 5.74) is 0.475. The van der Waals surface area contributed by atoms with Crippen molar-refractivity contribution in [3.8, 4) is 0 Å². The van der Waals surface area contributed by atoms with E-state index in [4.69, 9.17) is 4.74 Å². The van der Waals surface area contributed by atoms with Crippen molar-refractivity contribution in [1.29, 1.82) is 0 Å². The van der Waals surface area contributed by atoms with E-state index in [-0.39, 0.29) is 5.41 Å². The largest absolute Gasteiger partial charge is 0.378 e. The van der Waals surface area contributed by atoms with Crippen LogP contribution in [0.4, 0.5) is 0 Å². The van der Waals surface area contributed by atoms with Crippen LogP contribution in [0, 0.1) is 40.4 Å². The molecule has 4 aliphatic carbocycles. The minimum absolute atomic E-state index is 0.0204. The molecule has 0 aromatic carbocycles. The lowest BCUT2D eigenvalue weighted by Crippen LogP contribution is -2.54. The first kappa shape index (κ1) is 18.0. The molecule has 0 aliphatic heterocycles. The molecular weight excluding hydrogens is 308 g/mol. The van der Waals surface area contributed by atoms with Crippen molar-refractivity contribution in [2.24, 2.45) is 40.4 Å². The molecule has 0 radical (unpaired) electrons. The Hall–Kier alpha value is -0.370. The van der Waals surface area contributed by atoms with E-state index >= 15 is 0 Å². The first-order valence-corrected chi connectivity index (χ1v) is 11.0. The molecular formula is C23H38O2. The number of carbonyl (C=O) groups is 1. The van der Waals surface area contributed by atoms with Crippen LogP contribution in [0.2, 0.25) is 0 Å². The zero-order valence-corrected chi connectivity index (χ0v) is 16.9. The normalized spacial score (nSPS) is 49.6. The Kier molecular flexibility index (Phi) is 4.58. The van der Waals surface area contributed by atoms with Gasteiger partial charge in [0.25, 0.3) is 0 Å². The molecule has 4 fully saturated rings. The smallest absolute Gasteiger partial charge is 0.139 e. The molecule has 2 nitrogen and oxygen atoms in total. The van der Waals surface area contributed by atoms with E-state index < -0.39 is 0 Å². The van der Waals surface area contributed by atoms with E-state index in [1.165, 1.54) is 44.9 Å². The maximum absolute atomic E-state index is 12.5. The molecule has 4 aliphatic rings. The fourth-order valence-corrected chi connectivity index (χ4v) is 7.55. The van der Waals surface area contributed by atoms with Gasteiger partial charge in [-0.15, -0.1) is 0 Å². The molecule has 0 bridgehead atoms. The molecule has 25 heavy (non-hydrogen) atoms. The summed E-state index contributed by atoms with van der Waals surface area (Å²) in [5, 5.41) is 0. The van der Waals surface area contributed by atoms with Gasteiger partial charge in [-0.2, -0.15) is 0 Å². The Labute approximate surface area is 154 Å². The van der Waals surface area contributed by atoms with Crippen molar-refractivity contribution in [3.05, 3.63) is 0 Å². The van der Waals surface area contributed by atoms with Gasteiger partial charge in [-0.3, -0.25) is 4.79 Å². The number of carbonyl (C=O) groups excluding carboxylic acids is 1. The van der Waals surface area contributed by atoms with E-state index in [9.17, 15) is 4.79 Å². The minimum Gasteiger partial charge on any atom is -0.378 e. The molecule has 0 N–H and O–H groups in total. The van der Waals surface area contributed by atoms with Crippen LogP contribution < -0.4 is 0 Å². The van der Waals surface area contributed by atoms with Crippen LogP contribution in [-0.2, 0) is 9.53 Å². The summed E-state index contributed by atoms with van der Waals surface area (Å²) >= 11 is 0. The van der Waals surface area contributed by atoms with E-state index in [1.807, 2.05) is 0 Å². The molecule has 4 rings (SSSR count). The van der Waals surface area contributed by atoms with Crippen LogP contribution in [-0.4, -0.2) is 18.5 Å². The monoisotopic (exact) mass is 346 g/mol. The van der Waals surface area contributed by atoms with Gasteiger partial charge in [0.05, 0.1) is 6.10 Å². The van der Waals surface area contributed by atoms with Crippen LogP contribution in [0.3, 0.4) is 0 Å².